The van der Waals surface area contributed by atoms with Crippen LogP contribution in [0.1, 0.15) is 23.7 Å². The fourth-order valence-electron chi connectivity index (χ4n) is 2.12. The van der Waals surface area contributed by atoms with E-state index in [1.807, 2.05) is 0 Å². The third-order valence-electron chi connectivity index (χ3n) is 3.12. The van der Waals surface area contributed by atoms with E-state index in [1.165, 1.54) is 4.90 Å². The van der Waals surface area contributed by atoms with Crippen molar-refractivity contribution < 1.29 is 14.3 Å². The molecule has 1 aliphatic rings. The zero-order chi connectivity index (χ0) is 13.8. The van der Waals surface area contributed by atoms with Crippen LogP contribution in [0.25, 0.3) is 0 Å². The zero-order valence-corrected chi connectivity index (χ0v) is 11.2. The van der Waals surface area contributed by atoms with Gasteiger partial charge in [-0.1, -0.05) is 6.92 Å². The second kappa shape index (κ2) is 5.84. The number of nitrogens with zero attached hydrogens (tertiary/aromatic N) is 1. The number of ether oxygens (including phenoxy) is 1. The Labute approximate surface area is 112 Å². The van der Waals surface area contributed by atoms with Crippen molar-refractivity contribution in [2.45, 2.75) is 13.3 Å². The molecule has 0 unspecified atom stereocenters. The Kier molecular flexibility index (Phi) is 4.16. The number of hydrogen-bond donors (Lipinski definition) is 1. The van der Waals surface area contributed by atoms with Gasteiger partial charge in [0, 0.05) is 19.2 Å². The fourth-order valence-corrected chi connectivity index (χ4v) is 2.12. The lowest BCUT2D eigenvalue weighted by Crippen LogP contribution is -2.36. The minimum absolute atomic E-state index is 0.437. The molecular weight excluding hydrogens is 244 g/mol. The lowest BCUT2D eigenvalue weighted by atomic mass is 10.1. The molecule has 1 aromatic rings. The van der Waals surface area contributed by atoms with Crippen molar-refractivity contribution in [2.75, 3.05) is 31.6 Å². The Morgan fingerprint density at radius 3 is 2.74 bits per heavy atom. The van der Waals surface area contributed by atoms with Gasteiger partial charge >= 0.3 is 0 Å². The highest BCUT2D eigenvalue weighted by Crippen LogP contribution is 2.32. The minimum Gasteiger partial charge on any atom is -0.497 e. The molecule has 0 atom stereocenters. The summed E-state index contributed by atoms with van der Waals surface area (Å²) < 4.78 is 5.14. The maximum atomic E-state index is 11.9. The third kappa shape index (κ3) is 2.61. The average Bonchev–Trinajstić information content (AvgIpc) is 2.67. The normalized spacial score (nSPS) is 13.9. The molecule has 0 radical (unpaired) electrons. The van der Waals surface area contributed by atoms with Gasteiger partial charge in [-0.15, -0.1) is 0 Å². The van der Waals surface area contributed by atoms with Crippen LogP contribution in [0, 0.1) is 0 Å². The summed E-state index contributed by atoms with van der Waals surface area (Å²) in [6, 6.07) is 5.08. The summed E-state index contributed by atoms with van der Waals surface area (Å²) >= 11 is 0. The molecule has 0 fully saturated rings. The van der Waals surface area contributed by atoms with Crippen LogP contribution in [0.5, 0.6) is 5.75 Å². The van der Waals surface area contributed by atoms with Gasteiger partial charge in [-0.05, 0) is 25.1 Å². The van der Waals surface area contributed by atoms with E-state index in [9.17, 15) is 9.59 Å². The highest BCUT2D eigenvalue weighted by Gasteiger charge is 2.35. The fraction of sp³-hybridized carbons (Fsp3) is 0.429. The number of fused-ring (bicyclic) bond motifs is 1. The molecular formula is C14H18N2O3. The summed E-state index contributed by atoms with van der Waals surface area (Å²) in [5.41, 5.74) is 1.11. The monoisotopic (exact) mass is 262 g/mol. The lowest BCUT2D eigenvalue weighted by molar-refractivity contribution is -0.114. The standard InChI is InChI=1S/C14H18N2O3/c1-3-6-15-7-8-16-12-9-10(19-2)4-5-11(12)13(17)14(16)18/h4-5,9,15H,3,6-8H2,1-2H3. The van der Waals surface area contributed by atoms with Crippen molar-refractivity contribution in [1.29, 1.82) is 0 Å². The number of benzene rings is 1. The van der Waals surface area contributed by atoms with E-state index in [4.69, 9.17) is 4.74 Å². The molecule has 0 saturated carbocycles. The van der Waals surface area contributed by atoms with Crippen molar-refractivity contribution in [2.24, 2.45) is 0 Å². The largest absolute Gasteiger partial charge is 0.497 e. The van der Waals surface area contributed by atoms with Crippen LogP contribution >= 0.6 is 0 Å². The molecule has 5 nitrogen and oxygen atoms in total. The van der Waals surface area contributed by atoms with Crippen LogP contribution in [0.15, 0.2) is 18.2 Å². The number of carbonyl (C=O) groups excluding carboxylic acids is 2. The summed E-state index contributed by atoms with van der Waals surface area (Å²) in [6.07, 6.45) is 1.04. The van der Waals surface area contributed by atoms with Gasteiger partial charge in [0.25, 0.3) is 11.7 Å². The van der Waals surface area contributed by atoms with E-state index >= 15 is 0 Å². The molecule has 1 amide bonds. The SMILES string of the molecule is CCCNCCN1C(=O)C(=O)c2ccc(OC)cc21. The number of ketones is 1. The molecule has 1 N–H and O–H groups in total. The second-order valence-electron chi connectivity index (χ2n) is 4.42. The molecule has 1 aliphatic heterocycles. The smallest absolute Gasteiger partial charge is 0.299 e. The molecule has 5 heteroatoms. The Morgan fingerprint density at radius 2 is 2.05 bits per heavy atom. The first-order valence-corrected chi connectivity index (χ1v) is 6.44. The van der Waals surface area contributed by atoms with Crippen LogP contribution in [-0.2, 0) is 4.79 Å². The lowest BCUT2D eigenvalue weighted by Gasteiger charge is -2.17. The Balaban J connectivity index is 2.17. The number of Topliss-reactive ketones (excluding diaryl/α,β-unsaturated/α-hetero) is 1. The van der Waals surface area contributed by atoms with Gasteiger partial charge in [-0.25, -0.2) is 0 Å². The van der Waals surface area contributed by atoms with Gasteiger partial charge in [0.1, 0.15) is 5.75 Å². The maximum Gasteiger partial charge on any atom is 0.299 e. The first-order valence-electron chi connectivity index (χ1n) is 6.44. The van der Waals surface area contributed by atoms with Crippen LogP contribution in [-0.4, -0.2) is 38.4 Å². The molecule has 0 bridgehead atoms. The van der Waals surface area contributed by atoms with Crippen molar-refractivity contribution >= 4 is 17.4 Å². The quantitative estimate of drug-likeness (QED) is 0.618. The van der Waals surface area contributed by atoms with Crippen molar-refractivity contribution in [3.05, 3.63) is 23.8 Å². The van der Waals surface area contributed by atoms with Gasteiger partial charge in [0.15, 0.2) is 0 Å². The van der Waals surface area contributed by atoms with E-state index in [0.29, 0.717) is 30.1 Å². The van der Waals surface area contributed by atoms with Crippen LogP contribution in [0.4, 0.5) is 5.69 Å². The van der Waals surface area contributed by atoms with Crippen LogP contribution < -0.4 is 15.0 Å². The van der Waals surface area contributed by atoms with Crippen LogP contribution in [0.2, 0.25) is 0 Å². The molecule has 0 saturated heterocycles. The van der Waals surface area contributed by atoms with Crippen molar-refractivity contribution in [1.82, 2.24) is 5.32 Å². The number of amides is 1. The molecule has 102 valence electrons. The van der Waals surface area contributed by atoms with Gasteiger partial charge in [-0.2, -0.15) is 0 Å². The second-order valence-corrected chi connectivity index (χ2v) is 4.42. The van der Waals surface area contributed by atoms with E-state index in [0.717, 1.165) is 13.0 Å². The van der Waals surface area contributed by atoms with Crippen molar-refractivity contribution in [3.63, 3.8) is 0 Å². The van der Waals surface area contributed by atoms with Gasteiger partial charge < -0.3 is 15.0 Å². The summed E-state index contributed by atoms with van der Waals surface area (Å²) in [4.78, 5) is 25.3. The minimum atomic E-state index is -0.457. The Morgan fingerprint density at radius 1 is 1.26 bits per heavy atom. The third-order valence-corrected chi connectivity index (χ3v) is 3.12. The molecule has 1 aromatic carbocycles. The molecule has 1 heterocycles. The van der Waals surface area contributed by atoms with Gasteiger partial charge in [0.05, 0.1) is 18.4 Å². The highest BCUT2D eigenvalue weighted by atomic mass is 16.5. The molecule has 2 rings (SSSR count). The first-order chi connectivity index (χ1) is 9.19. The Bertz CT molecular complexity index is 499. The zero-order valence-electron chi connectivity index (χ0n) is 11.2. The predicted octanol–water partition coefficient (Wildman–Crippen LogP) is 1.22. The first kappa shape index (κ1) is 13.5. The number of carbonyl (C=O) groups is 2. The topological polar surface area (TPSA) is 58.6 Å². The summed E-state index contributed by atoms with van der Waals surface area (Å²) in [5.74, 6) is -0.248. The molecule has 19 heavy (non-hydrogen) atoms. The average molecular weight is 262 g/mol. The number of methoxy groups -OCH3 is 1. The number of rotatable bonds is 6. The van der Waals surface area contributed by atoms with E-state index in [1.54, 1.807) is 25.3 Å². The van der Waals surface area contributed by atoms with E-state index < -0.39 is 11.7 Å². The van der Waals surface area contributed by atoms with Crippen molar-refractivity contribution in [3.8, 4) is 5.75 Å². The van der Waals surface area contributed by atoms with Gasteiger partial charge in [-0.3, -0.25) is 9.59 Å². The molecule has 0 aromatic heterocycles. The van der Waals surface area contributed by atoms with Crippen LogP contribution in [0.3, 0.4) is 0 Å². The number of hydrogen-bond acceptors (Lipinski definition) is 4. The van der Waals surface area contributed by atoms with Gasteiger partial charge in [0.2, 0.25) is 0 Å². The van der Waals surface area contributed by atoms with E-state index in [2.05, 4.69) is 12.2 Å². The highest BCUT2D eigenvalue weighted by molar-refractivity contribution is 6.52. The van der Waals surface area contributed by atoms with E-state index in [-0.39, 0.29) is 0 Å². The molecule has 0 aliphatic carbocycles. The molecule has 0 spiro atoms. The number of nitrogens with one attached hydrogen (secondary N) is 1. The Hall–Kier alpha value is -1.88. The summed E-state index contributed by atoms with van der Waals surface area (Å²) in [6.45, 7) is 4.15. The summed E-state index contributed by atoms with van der Waals surface area (Å²) in [7, 11) is 1.56. The summed E-state index contributed by atoms with van der Waals surface area (Å²) in [5, 5.41) is 3.22. The number of anilines is 1. The predicted molar refractivity (Wildman–Crippen MR) is 72.8 cm³/mol. The maximum absolute atomic E-state index is 11.9.